The van der Waals surface area contributed by atoms with E-state index in [0.29, 0.717) is 43.2 Å². The van der Waals surface area contributed by atoms with Crippen molar-refractivity contribution in [1.29, 1.82) is 0 Å². The van der Waals surface area contributed by atoms with Gasteiger partial charge in [0.1, 0.15) is 5.69 Å². The molecule has 10 radical (unpaired) electrons. The molecule has 2 aliphatic rings. The molecular formula is C23H21B5N6O2. The van der Waals surface area contributed by atoms with Crippen LogP contribution in [0.5, 0.6) is 0 Å². The van der Waals surface area contributed by atoms with Gasteiger partial charge in [0, 0.05) is 37.9 Å². The zero-order chi connectivity index (χ0) is 25.7. The quantitative estimate of drug-likeness (QED) is 0.467. The molecule has 5 rings (SSSR count). The summed E-state index contributed by atoms with van der Waals surface area (Å²) < 4.78 is 0. The number of pyridine rings is 3. The van der Waals surface area contributed by atoms with Gasteiger partial charge in [-0.2, -0.15) is 0 Å². The van der Waals surface area contributed by atoms with Crippen LogP contribution in [0.4, 0.5) is 5.69 Å². The number of aromatic nitrogens is 3. The SMILES string of the molecule is [B]C([B])([B])NC(=O)c1ccc(N2CCN(C([B])([B])c3cnc4cc(C5CC5)c(=O)[nH]c4c3)CC2)cn1. The zero-order valence-corrected chi connectivity index (χ0v) is 19.8. The van der Waals surface area contributed by atoms with E-state index in [1.54, 1.807) is 30.6 Å². The monoisotopic (exact) mass is 468 g/mol. The average molecular weight is 468 g/mol. The molecule has 3 aromatic heterocycles. The van der Waals surface area contributed by atoms with Crippen LogP contribution in [-0.2, 0) is 5.34 Å². The van der Waals surface area contributed by atoms with Gasteiger partial charge in [0.05, 0.1) is 62.1 Å². The lowest BCUT2D eigenvalue weighted by molar-refractivity contribution is 0.0947. The predicted molar refractivity (Wildman–Crippen MR) is 143 cm³/mol. The second-order valence-corrected chi connectivity index (χ2v) is 9.57. The van der Waals surface area contributed by atoms with Gasteiger partial charge in [-0.1, -0.05) is 5.24 Å². The van der Waals surface area contributed by atoms with E-state index in [1.807, 2.05) is 11.0 Å². The lowest BCUT2D eigenvalue weighted by Crippen LogP contribution is -2.56. The lowest BCUT2D eigenvalue weighted by Gasteiger charge is -2.45. The standard InChI is InChI=1S/C23H21B5N6O2/c24-22(25,14-9-19-18(29-11-14)10-16(13-1-2-13)20(35)31-19)34-7-5-33(6-8-34)15-3-4-17(30-12-15)21(36)32-23(26,27)28/h3-4,9-13H,1-2,5-8H2,(H,31,35)(H,32,36). The highest BCUT2D eigenvalue weighted by Crippen LogP contribution is 2.38. The van der Waals surface area contributed by atoms with Crippen LogP contribution in [0.1, 0.15) is 40.4 Å². The number of carbonyl (C=O) groups excluding carboxylic acids is 1. The van der Waals surface area contributed by atoms with E-state index >= 15 is 0 Å². The molecule has 0 spiro atoms. The third-order valence-electron chi connectivity index (χ3n) is 6.68. The minimum Gasteiger partial charge on any atom is -0.371 e. The van der Waals surface area contributed by atoms with Crippen molar-refractivity contribution in [3.63, 3.8) is 0 Å². The molecule has 0 aromatic carbocycles. The van der Waals surface area contributed by atoms with Crippen LogP contribution < -0.4 is 15.8 Å². The molecule has 8 nitrogen and oxygen atoms in total. The molecule has 1 amide bonds. The molecule has 13 heteroatoms. The second-order valence-electron chi connectivity index (χ2n) is 9.57. The van der Waals surface area contributed by atoms with Crippen molar-refractivity contribution >= 4 is 61.9 Å². The van der Waals surface area contributed by atoms with Crippen molar-refractivity contribution in [1.82, 2.24) is 25.2 Å². The molecule has 0 atom stereocenters. The molecule has 1 aliphatic carbocycles. The van der Waals surface area contributed by atoms with Gasteiger partial charge < -0.3 is 20.1 Å². The molecular weight excluding hydrogens is 446 g/mol. The fraction of sp³-hybridized carbons (Fsp3) is 0.391. The molecule has 0 bridgehead atoms. The number of hydrogen-bond acceptors (Lipinski definition) is 6. The van der Waals surface area contributed by atoms with Crippen LogP contribution in [0.2, 0.25) is 0 Å². The highest BCUT2D eigenvalue weighted by Gasteiger charge is 2.32. The highest BCUT2D eigenvalue weighted by atomic mass is 16.2. The van der Waals surface area contributed by atoms with E-state index in [1.165, 1.54) is 0 Å². The number of amides is 1. The third-order valence-corrected chi connectivity index (χ3v) is 6.68. The summed E-state index contributed by atoms with van der Waals surface area (Å²) in [7, 11) is 29.4. The van der Waals surface area contributed by atoms with Crippen LogP contribution in [0.25, 0.3) is 11.0 Å². The van der Waals surface area contributed by atoms with Crippen molar-refractivity contribution in [2.45, 2.75) is 29.3 Å². The molecule has 2 N–H and O–H groups in total. The Bertz CT molecular complexity index is 1350. The number of carbonyl (C=O) groups is 1. The van der Waals surface area contributed by atoms with Crippen molar-refractivity contribution in [2.75, 3.05) is 31.1 Å². The number of nitrogens with one attached hydrogen (secondary N) is 2. The Hall–Kier alpha value is -2.94. The Morgan fingerprint density at radius 2 is 1.72 bits per heavy atom. The minimum atomic E-state index is -1.82. The van der Waals surface area contributed by atoms with Crippen molar-refractivity contribution in [3.8, 4) is 0 Å². The maximum absolute atomic E-state index is 12.5. The van der Waals surface area contributed by atoms with Crippen LogP contribution >= 0.6 is 0 Å². The largest absolute Gasteiger partial charge is 0.371 e. The van der Waals surface area contributed by atoms with Gasteiger partial charge in [0.2, 0.25) is 0 Å². The average Bonchev–Trinajstić information content (AvgIpc) is 3.68. The Morgan fingerprint density at radius 3 is 2.33 bits per heavy atom. The maximum Gasteiger partial charge on any atom is 0.268 e. The Balaban J connectivity index is 1.26. The van der Waals surface area contributed by atoms with E-state index < -0.39 is 16.5 Å². The Morgan fingerprint density at radius 1 is 1.00 bits per heavy atom. The van der Waals surface area contributed by atoms with Gasteiger partial charge in [0.15, 0.2) is 0 Å². The third kappa shape index (κ3) is 5.12. The summed E-state index contributed by atoms with van der Waals surface area (Å²) >= 11 is 0. The van der Waals surface area contributed by atoms with Gasteiger partial charge in [-0.05, 0) is 53.9 Å². The van der Waals surface area contributed by atoms with E-state index in [4.69, 9.17) is 39.2 Å². The number of anilines is 1. The maximum atomic E-state index is 12.5. The van der Waals surface area contributed by atoms with Crippen LogP contribution in [-0.4, -0.2) is 96.4 Å². The first-order valence-electron chi connectivity index (χ1n) is 11.8. The molecule has 0 unspecified atom stereocenters. The van der Waals surface area contributed by atoms with Crippen molar-refractivity contribution < 1.29 is 4.79 Å². The van der Waals surface area contributed by atoms with E-state index in [2.05, 4.69) is 25.2 Å². The fourth-order valence-corrected chi connectivity index (χ4v) is 4.50. The number of piperazine rings is 1. The van der Waals surface area contributed by atoms with Crippen LogP contribution in [0.3, 0.4) is 0 Å². The van der Waals surface area contributed by atoms with Gasteiger partial charge >= 0.3 is 0 Å². The number of aromatic amines is 1. The minimum absolute atomic E-state index is 0.0808. The topological polar surface area (TPSA) is 94.2 Å². The summed E-state index contributed by atoms with van der Waals surface area (Å²) in [6, 6.07) is 7.04. The summed E-state index contributed by atoms with van der Waals surface area (Å²) in [4.78, 5) is 40.3. The number of H-pyrrole nitrogens is 1. The van der Waals surface area contributed by atoms with E-state index in [-0.39, 0.29) is 11.3 Å². The van der Waals surface area contributed by atoms with Crippen LogP contribution in [0.15, 0.2) is 41.5 Å². The summed E-state index contributed by atoms with van der Waals surface area (Å²) in [5.41, 5.74) is 3.67. The normalized spacial score (nSPS) is 17.3. The molecule has 3 aromatic rings. The van der Waals surface area contributed by atoms with Crippen LogP contribution in [0, 0.1) is 0 Å². The predicted octanol–water partition coefficient (Wildman–Crippen LogP) is -0.688. The Labute approximate surface area is 216 Å². The summed E-state index contributed by atoms with van der Waals surface area (Å²) in [5, 5.41) is -0.829. The fourth-order valence-electron chi connectivity index (χ4n) is 4.50. The smallest absolute Gasteiger partial charge is 0.268 e. The second kappa shape index (κ2) is 9.18. The summed E-state index contributed by atoms with van der Waals surface area (Å²) in [6.07, 6.45) is 5.37. The molecule has 1 saturated carbocycles. The Kier molecular flexibility index (Phi) is 6.31. The molecule has 1 aliphatic heterocycles. The van der Waals surface area contributed by atoms with Crippen molar-refractivity contribution in [2.24, 2.45) is 0 Å². The zero-order valence-electron chi connectivity index (χ0n) is 19.8. The first kappa shape index (κ1) is 24.7. The molecule has 170 valence electrons. The lowest BCUT2D eigenvalue weighted by atomic mass is 9.49. The molecule has 36 heavy (non-hydrogen) atoms. The van der Waals surface area contributed by atoms with E-state index in [0.717, 1.165) is 29.6 Å². The van der Waals surface area contributed by atoms with Gasteiger partial charge in [-0.25, -0.2) is 4.98 Å². The van der Waals surface area contributed by atoms with E-state index in [9.17, 15) is 9.59 Å². The first-order valence-corrected chi connectivity index (χ1v) is 11.8. The molecule has 2 fully saturated rings. The summed E-state index contributed by atoms with van der Waals surface area (Å²) in [5.74, 6) is -0.228. The summed E-state index contributed by atoms with van der Waals surface area (Å²) in [6.45, 7) is 2.45. The van der Waals surface area contributed by atoms with Gasteiger partial charge in [-0.15, -0.1) is 0 Å². The number of hydrogen-bond donors (Lipinski definition) is 2. The van der Waals surface area contributed by atoms with Gasteiger partial charge in [-0.3, -0.25) is 14.6 Å². The molecule has 1 saturated heterocycles. The highest BCUT2D eigenvalue weighted by molar-refractivity contribution is 6.60. The number of fused-ring (bicyclic) bond motifs is 1. The molecule has 4 heterocycles. The van der Waals surface area contributed by atoms with Gasteiger partial charge in [0.25, 0.3) is 11.5 Å². The number of nitrogens with zero attached hydrogens (tertiary/aromatic N) is 4. The number of rotatable bonds is 6. The van der Waals surface area contributed by atoms with Crippen molar-refractivity contribution in [3.05, 3.63) is 63.8 Å². The first-order chi connectivity index (χ1) is 17.0.